The van der Waals surface area contributed by atoms with Gasteiger partial charge in [0.15, 0.2) is 5.13 Å². The maximum Gasteiger partial charge on any atom is 0.293 e. The van der Waals surface area contributed by atoms with Crippen LogP contribution in [0, 0.1) is 6.92 Å². The summed E-state index contributed by atoms with van der Waals surface area (Å²) >= 11 is 7.25. The fraction of sp³-hybridized carbons (Fsp3) is 0.333. The van der Waals surface area contributed by atoms with Crippen molar-refractivity contribution in [3.05, 3.63) is 28.1 Å². The molecule has 0 saturated heterocycles. The van der Waals surface area contributed by atoms with Crippen molar-refractivity contribution in [2.24, 2.45) is 0 Å². The summed E-state index contributed by atoms with van der Waals surface area (Å²) in [5.41, 5.74) is -0.710. The summed E-state index contributed by atoms with van der Waals surface area (Å²) in [7, 11) is 0. The third kappa shape index (κ3) is 3.43. The van der Waals surface area contributed by atoms with Crippen molar-refractivity contribution in [3.8, 4) is 0 Å². The average Bonchev–Trinajstić information content (AvgIpc) is 2.76. The molecule has 1 N–H and O–H groups in total. The molecule has 0 bridgehead atoms. The van der Waals surface area contributed by atoms with Gasteiger partial charge in [0, 0.05) is 12.3 Å². The molecular formula is C12H13ClN4O2S. The highest BCUT2D eigenvalue weighted by atomic mass is 35.5. The minimum atomic E-state index is -0.710. The molecule has 2 rings (SSSR count). The van der Waals surface area contributed by atoms with Gasteiger partial charge < -0.3 is 10.1 Å². The Bertz CT molecular complexity index is 609. The molecule has 0 spiro atoms. The van der Waals surface area contributed by atoms with E-state index in [1.165, 1.54) is 11.3 Å². The van der Waals surface area contributed by atoms with Gasteiger partial charge in [-0.15, -0.1) is 0 Å². The molecule has 0 aliphatic rings. The molecule has 6 nitrogen and oxygen atoms in total. The minimum absolute atomic E-state index is 0.362. The Morgan fingerprint density at radius 3 is 2.85 bits per heavy atom. The van der Waals surface area contributed by atoms with Crippen LogP contribution in [0.2, 0.25) is 5.15 Å². The Kier molecular flexibility index (Phi) is 4.20. The maximum absolute atomic E-state index is 10.5. The van der Waals surface area contributed by atoms with Crippen LogP contribution in [-0.4, -0.2) is 21.4 Å². The first-order valence-corrected chi connectivity index (χ1v) is 6.96. The van der Waals surface area contributed by atoms with Crippen LogP contribution in [0.5, 0.6) is 0 Å². The van der Waals surface area contributed by atoms with E-state index in [4.69, 9.17) is 16.3 Å². The molecule has 0 aromatic carbocycles. The van der Waals surface area contributed by atoms with E-state index in [0.29, 0.717) is 28.4 Å². The molecule has 0 aliphatic carbocycles. The number of nitrogens with one attached hydrogen (secondary N) is 1. The van der Waals surface area contributed by atoms with Crippen LogP contribution in [0.15, 0.2) is 12.3 Å². The van der Waals surface area contributed by atoms with Crippen molar-refractivity contribution in [1.82, 2.24) is 15.0 Å². The highest BCUT2D eigenvalue weighted by Gasteiger charge is 2.24. The van der Waals surface area contributed by atoms with Crippen molar-refractivity contribution in [1.29, 1.82) is 0 Å². The number of rotatable bonds is 5. The second-order valence-corrected chi connectivity index (χ2v) is 5.92. The lowest BCUT2D eigenvalue weighted by Gasteiger charge is -2.19. The summed E-state index contributed by atoms with van der Waals surface area (Å²) < 4.78 is 5.03. The number of aromatic nitrogens is 3. The van der Waals surface area contributed by atoms with Gasteiger partial charge in [-0.3, -0.25) is 4.79 Å². The van der Waals surface area contributed by atoms with Crippen molar-refractivity contribution in [2.45, 2.75) is 26.4 Å². The van der Waals surface area contributed by atoms with Gasteiger partial charge in [0.25, 0.3) is 6.47 Å². The predicted molar refractivity (Wildman–Crippen MR) is 77.4 cm³/mol. The zero-order valence-electron chi connectivity index (χ0n) is 11.2. The normalized spacial score (nSPS) is 11.2. The molecule has 106 valence electrons. The third-order valence-corrected chi connectivity index (χ3v) is 3.89. The molecule has 0 atom stereocenters. The van der Waals surface area contributed by atoms with E-state index in [0.717, 1.165) is 4.88 Å². The van der Waals surface area contributed by atoms with Crippen LogP contribution >= 0.6 is 22.9 Å². The van der Waals surface area contributed by atoms with Crippen LogP contribution < -0.4 is 5.32 Å². The van der Waals surface area contributed by atoms with Crippen LogP contribution in [0.4, 0.5) is 10.9 Å². The quantitative estimate of drug-likeness (QED) is 0.675. The van der Waals surface area contributed by atoms with Crippen molar-refractivity contribution in [3.63, 3.8) is 0 Å². The number of anilines is 2. The number of carbonyl (C=O) groups excluding carboxylic acids is 1. The van der Waals surface area contributed by atoms with E-state index >= 15 is 0 Å². The number of hydrogen-bond acceptors (Lipinski definition) is 7. The highest BCUT2D eigenvalue weighted by Crippen LogP contribution is 2.32. The van der Waals surface area contributed by atoms with Crippen LogP contribution in [0.25, 0.3) is 0 Å². The van der Waals surface area contributed by atoms with Gasteiger partial charge in [0.05, 0.1) is 4.88 Å². The second-order valence-electron chi connectivity index (χ2n) is 4.50. The molecule has 2 aromatic rings. The molecule has 2 heterocycles. The van der Waals surface area contributed by atoms with Crippen molar-refractivity contribution >= 4 is 40.4 Å². The number of aryl methyl sites for hydroxylation is 1. The smallest absolute Gasteiger partial charge is 0.293 e. The van der Waals surface area contributed by atoms with E-state index in [1.807, 2.05) is 0 Å². The molecular weight excluding hydrogens is 300 g/mol. The first-order valence-electron chi connectivity index (χ1n) is 5.77. The Labute approximate surface area is 125 Å². The number of thiazole rings is 1. The zero-order valence-corrected chi connectivity index (χ0v) is 12.7. The van der Waals surface area contributed by atoms with Crippen LogP contribution in [-0.2, 0) is 15.1 Å². The van der Waals surface area contributed by atoms with Gasteiger partial charge in [0.2, 0.25) is 0 Å². The molecule has 20 heavy (non-hydrogen) atoms. The minimum Gasteiger partial charge on any atom is -0.456 e. The molecule has 0 saturated carbocycles. The van der Waals surface area contributed by atoms with E-state index in [2.05, 4.69) is 20.3 Å². The van der Waals surface area contributed by atoms with Gasteiger partial charge in [-0.25, -0.2) is 15.0 Å². The van der Waals surface area contributed by atoms with E-state index in [1.54, 1.807) is 33.0 Å². The van der Waals surface area contributed by atoms with Crippen LogP contribution in [0.3, 0.4) is 0 Å². The molecule has 0 fully saturated rings. The van der Waals surface area contributed by atoms with Gasteiger partial charge in [0.1, 0.15) is 22.4 Å². The summed E-state index contributed by atoms with van der Waals surface area (Å²) in [4.78, 5) is 23.7. The molecule has 2 aromatic heterocycles. The molecule has 0 amide bonds. The first-order chi connectivity index (χ1) is 9.40. The largest absolute Gasteiger partial charge is 0.456 e. The lowest BCUT2D eigenvalue weighted by molar-refractivity contribution is -0.140. The van der Waals surface area contributed by atoms with Gasteiger partial charge in [-0.05, 0) is 20.8 Å². The summed E-state index contributed by atoms with van der Waals surface area (Å²) in [6.45, 7) is 5.78. The number of carbonyl (C=O) groups is 1. The number of ether oxygens (including phenoxy) is 1. The molecule has 0 unspecified atom stereocenters. The zero-order chi connectivity index (χ0) is 14.8. The third-order valence-electron chi connectivity index (χ3n) is 2.48. The summed E-state index contributed by atoms with van der Waals surface area (Å²) in [6, 6.07) is 1.61. The van der Waals surface area contributed by atoms with E-state index in [9.17, 15) is 4.79 Å². The second kappa shape index (κ2) is 5.72. The SMILES string of the molecule is Cc1nc(Cl)cc(Nc2ncc(C(C)(C)OC=O)s2)n1. The average molecular weight is 313 g/mol. The molecule has 8 heteroatoms. The van der Waals surface area contributed by atoms with Gasteiger partial charge in [-0.1, -0.05) is 22.9 Å². The highest BCUT2D eigenvalue weighted by molar-refractivity contribution is 7.15. The number of halogens is 1. The van der Waals surface area contributed by atoms with Crippen molar-refractivity contribution < 1.29 is 9.53 Å². The lowest BCUT2D eigenvalue weighted by atomic mass is 10.1. The van der Waals surface area contributed by atoms with Crippen LogP contribution in [0.1, 0.15) is 24.5 Å². The predicted octanol–water partition coefficient (Wildman–Crippen LogP) is 3.05. The Morgan fingerprint density at radius 2 is 2.20 bits per heavy atom. The lowest BCUT2D eigenvalue weighted by Crippen LogP contribution is -2.19. The summed E-state index contributed by atoms with van der Waals surface area (Å²) in [6.07, 6.45) is 1.66. The number of hydrogen-bond donors (Lipinski definition) is 1. The van der Waals surface area contributed by atoms with Crippen molar-refractivity contribution in [2.75, 3.05) is 5.32 Å². The Hall–Kier alpha value is -1.73. The van der Waals surface area contributed by atoms with Gasteiger partial charge in [-0.2, -0.15) is 0 Å². The first kappa shape index (κ1) is 14.7. The van der Waals surface area contributed by atoms with E-state index < -0.39 is 5.60 Å². The molecule has 0 radical (unpaired) electrons. The number of nitrogens with zero attached hydrogens (tertiary/aromatic N) is 3. The standard InChI is InChI=1S/C12H13ClN4O2S/c1-7-15-9(13)4-10(16-7)17-11-14-5-8(20-11)12(2,3)19-6-18/h4-6H,1-3H3,(H,14,15,16,17). The van der Waals surface area contributed by atoms with E-state index in [-0.39, 0.29) is 0 Å². The summed E-state index contributed by atoms with van der Waals surface area (Å²) in [5.74, 6) is 1.14. The monoisotopic (exact) mass is 312 g/mol. The molecule has 0 aliphatic heterocycles. The topological polar surface area (TPSA) is 77.0 Å². The Balaban J connectivity index is 2.19. The maximum atomic E-state index is 10.5. The summed E-state index contributed by atoms with van der Waals surface area (Å²) in [5, 5.41) is 4.05. The Morgan fingerprint density at radius 1 is 1.45 bits per heavy atom. The van der Waals surface area contributed by atoms with Gasteiger partial charge >= 0.3 is 0 Å². The fourth-order valence-corrected chi connectivity index (χ4v) is 2.59. The fourth-order valence-electron chi connectivity index (χ4n) is 1.49.